The number of hydrogen-bond acceptors (Lipinski definition) is 9. The van der Waals surface area contributed by atoms with Gasteiger partial charge in [-0.2, -0.15) is 0 Å². The number of aliphatic hydroxyl groups excluding tert-OH is 9. The third-order valence-corrected chi connectivity index (χ3v) is 26.8. The third kappa shape index (κ3) is 45.4. The maximum Gasteiger partial charge on any atom is 0.0593 e. The lowest BCUT2D eigenvalue weighted by atomic mass is 9.69. The molecule has 22 atom stereocenters. The monoisotopic (exact) mass is 1480 g/mol. The molecule has 0 amide bonds. The Morgan fingerprint density at radius 1 is 0.298 bits per heavy atom. The second-order valence-corrected chi connectivity index (χ2v) is 42.0. The van der Waals surface area contributed by atoms with Gasteiger partial charge in [-0.3, -0.25) is 0 Å². The van der Waals surface area contributed by atoms with Crippen molar-refractivity contribution in [3.63, 3.8) is 0 Å². The van der Waals surface area contributed by atoms with Gasteiger partial charge in [0.15, 0.2) is 0 Å². The molecular weight excluding hydrogens is 1290 g/mol. The van der Waals surface area contributed by atoms with Crippen LogP contribution in [0.4, 0.5) is 0 Å². The first-order valence-corrected chi connectivity index (χ1v) is 45.5. The first-order valence-electron chi connectivity index (χ1n) is 45.5. The van der Waals surface area contributed by atoms with Crippen LogP contribution in [-0.2, 0) is 0 Å². The zero-order chi connectivity index (χ0) is 79.2. The summed E-state index contributed by atoms with van der Waals surface area (Å²) in [5, 5.41) is 86.1. The van der Waals surface area contributed by atoms with E-state index in [1.54, 1.807) is 0 Å². The number of hydrogen-bond donors (Lipinski definition) is 9. The van der Waals surface area contributed by atoms with Crippen molar-refractivity contribution in [3.05, 3.63) is 0 Å². The van der Waals surface area contributed by atoms with Gasteiger partial charge in [0.05, 0.1) is 54.9 Å². The van der Waals surface area contributed by atoms with Gasteiger partial charge in [0, 0.05) is 0 Å². The molecule has 9 rings (SSSR count). The quantitative estimate of drug-likeness (QED) is 0.0726. The van der Waals surface area contributed by atoms with Gasteiger partial charge in [-0.1, -0.05) is 218 Å². The molecule has 9 fully saturated rings. The Hall–Kier alpha value is -0.360. The molecule has 0 aromatic rings. The lowest BCUT2D eigenvalue weighted by molar-refractivity contribution is -0.0126. The molecule has 0 heterocycles. The van der Waals surface area contributed by atoms with Crippen LogP contribution in [0.15, 0.2) is 0 Å². The maximum absolute atomic E-state index is 9.88. The van der Waals surface area contributed by atoms with Crippen molar-refractivity contribution in [3.8, 4) is 0 Å². The molecule has 9 N–H and O–H groups in total. The van der Waals surface area contributed by atoms with Gasteiger partial charge >= 0.3 is 0 Å². The molecule has 0 spiro atoms. The highest BCUT2D eigenvalue weighted by atomic mass is 16.3. The van der Waals surface area contributed by atoms with Crippen LogP contribution < -0.4 is 0 Å². The molecule has 9 saturated carbocycles. The van der Waals surface area contributed by atoms with Crippen LogP contribution in [-0.4, -0.2) is 101 Å². The fourth-order valence-electron chi connectivity index (χ4n) is 21.4. The van der Waals surface area contributed by atoms with E-state index in [0.717, 1.165) is 185 Å². The smallest absolute Gasteiger partial charge is 0.0593 e. The molecule has 9 nitrogen and oxygen atoms in total. The van der Waals surface area contributed by atoms with Gasteiger partial charge in [-0.15, -0.1) is 0 Å². The number of rotatable bonds is 16. The van der Waals surface area contributed by atoms with Crippen LogP contribution in [0.2, 0.25) is 0 Å². The predicted molar refractivity (Wildman–Crippen MR) is 450 cm³/mol. The minimum atomic E-state index is -0.0475. The van der Waals surface area contributed by atoms with Gasteiger partial charge in [-0.05, 0) is 334 Å². The van der Waals surface area contributed by atoms with Crippen molar-refractivity contribution in [2.75, 3.05) is 0 Å². The first kappa shape index (κ1) is 102. The average molecular weight is 1480 g/mol. The van der Waals surface area contributed by atoms with E-state index in [1.807, 2.05) is 0 Å². The molecule has 9 aliphatic carbocycles. The molecule has 104 heavy (non-hydrogen) atoms. The van der Waals surface area contributed by atoms with Gasteiger partial charge in [0.2, 0.25) is 0 Å². The van der Waals surface area contributed by atoms with Crippen LogP contribution in [0.5, 0.6) is 0 Å². The van der Waals surface area contributed by atoms with E-state index >= 15 is 0 Å². The number of aliphatic hydroxyl groups is 9. The SMILES string of the molecule is CC(C)CC1(C)CCC(O)CC1.CC(C)CC1(C)CCCC(O)C1.CC(C)CC1(C)CCCCC1O.CC(C)CC1CC(C)CC(O)C1.CC(C)CC1CC(C)CCC1O.CC(C)CC1CC(O)CCC1C.CC(C)CC1CCC(C)C(O)C1.CCC1C(C)CCCC1O.CCC1CCC(O)CC1C. The highest BCUT2D eigenvalue weighted by Gasteiger charge is 2.37. The van der Waals surface area contributed by atoms with Gasteiger partial charge in [-0.25, -0.2) is 0 Å². The zero-order valence-corrected chi connectivity index (χ0v) is 74.3. The summed E-state index contributed by atoms with van der Waals surface area (Å²) in [6, 6.07) is 0. The Balaban J connectivity index is 0.000000585. The second kappa shape index (κ2) is 53.6. The Morgan fingerprint density at radius 3 is 1.35 bits per heavy atom. The summed E-state index contributed by atoms with van der Waals surface area (Å²) < 4.78 is 0. The summed E-state index contributed by atoms with van der Waals surface area (Å²) in [5.74, 6) is 14.1. The van der Waals surface area contributed by atoms with Gasteiger partial charge < -0.3 is 46.0 Å². The molecular formula is C95H190O9. The predicted octanol–water partition coefficient (Wildman–Crippen LogP) is 24.6. The molecule has 0 radical (unpaired) electrons. The summed E-state index contributed by atoms with van der Waals surface area (Å²) in [6.07, 6.45) is 45.5. The van der Waals surface area contributed by atoms with E-state index in [2.05, 4.69) is 173 Å². The van der Waals surface area contributed by atoms with Crippen molar-refractivity contribution in [2.45, 2.75) is 478 Å². The summed E-state index contributed by atoms with van der Waals surface area (Å²) in [5.41, 5.74) is 1.16. The largest absolute Gasteiger partial charge is 0.393 e. The lowest BCUT2D eigenvalue weighted by Crippen LogP contribution is -2.36. The van der Waals surface area contributed by atoms with Crippen molar-refractivity contribution >= 4 is 0 Å². The minimum absolute atomic E-state index is 0.00204. The molecule has 9 aliphatic rings. The molecule has 0 aromatic heterocycles. The highest BCUT2D eigenvalue weighted by Crippen LogP contribution is 2.45. The van der Waals surface area contributed by atoms with E-state index in [0.29, 0.717) is 34.5 Å². The highest BCUT2D eigenvalue weighted by molar-refractivity contribution is 4.89. The van der Waals surface area contributed by atoms with E-state index in [9.17, 15) is 46.0 Å². The maximum atomic E-state index is 9.88. The summed E-state index contributed by atoms with van der Waals surface area (Å²) >= 11 is 0. The third-order valence-electron chi connectivity index (χ3n) is 26.8. The van der Waals surface area contributed by atoms with Crippen molar-refractivity contribution in [1.29, 1.82) is 0 Å². The Kier molecular flexibility index (Phi) is 52.4. The Labute approximate surface area is 649 Å². The molecule has 0 aliphatic heterocycles. The molecule has 0 bridgehead atoms. The van der Waals surface area contributed by atoms with Crippen LogP contribution in [0.1, 0.15) is 424 Å². The fourth-order valence-corrected chi connectivity index (χ4v) is 21.4. The van der Waals surface area contributed by atoms with E-state index in [1.165, 1.54) is 154 Å². The van der Waals surface area contributed by atoms with Gasteiger partial charge in [0.1, 0.15) is 0 Å². The van der Waals surface area contributed by atoms with E-state index in [-0.39, 0.29) is 60.4 Å². The molecule has 0 aromatic carbocycles. The first-order chi connectivity index (χ1) is 48.4. The summed E-state index contributed by atoms with van der Waals surface area (Å²) in [7, 11) is 0. The van der Waals surface area contributed by atoms with Crippen molar-refractivity contribution < 1.29 is 46.0 Å². The topological polar surface area (TPSA) is 182 Å². The molecule has 624 valence electrons. The van der Waals surface area contributed by atoms with Crippen molar-refractivity contribution in [1.82, 2.24) is 0 Å². The van der Waals surface area contributed by atoms with Crippen LogP contribution in [0.3, 0.4) is 0 Å². The molecule has 0 saturated heterocycles. The van der Waals surface area contributed by atoms with Gasteiger partial charge in [0.25, 0.3) is 0 Å². The van der Waals surface area contributed by atoms with Crippen LogP contribution in [0.25, 0.3) is 0 Å². The summed E-state index contributed by atoms with van der Waals surface area (Å²) in [6.45, 7) is 56.7. The fraction of sp³-hybridized carbons (Fsp3) is 1.00. The summed E-state index contributed by atoms with van der Waals surface area (Å²) in [4.78, 5) is 0. The van der Waals surface area contributed by atoms with E-state index in [4.69, 9.17) is 0 Å². The molecule has 9 heteroatoms. The zero-order valence-electron chi connectivity index (χ0n) is 74.3. The molecule has 22 unspecified atom stereocenters. The normalized spacial score (nSPS) is 38.1. The van der Waals surface area contributed by atoms with Crippen LogP contribution in [0, 0.1) is 129 Å². The standard InChI is InChI=1S/7C11H22O.2C9H18O/c1-8(2)4-10-5-9(3)6-11(12)7-10;1-9(2)8-11(3)6-4-10(12)5-7-11;1-8(2)6-10-7-11(12)5-4-9(10)3;1-8(2)6-10-5-4-9(3)11(12)7-10;1-8(2)6-10-7-9(3)4-5-11(10)12;1-9(2)7-11(3)6-4-5-10(12)8-11;1-9(2)8-11(3)7-5-4-6-10(11)12;1-3-8-4-5-9(10)6-7(8)2;1-3-8-7(2)5-4-6-9(8)10/h8-12H,4-7H2,1-3H3;9-10,12H,4-8H2,1-3H3;3*8-12H,4-7H2,1-3H3;2*9-10,12H,4-8H2,1-3H3;2*7-10H,3-6H2,1-2H3. The van der Waals surface area contributed by atoms with Crippen molar-refractivity contribution in [2.24, 2.45) is 129 Å². The van der Waals surface area contributed by atoms with Crippen LogP contribution >= 0.6 is 0 Å². The van der Waals surface area contributed by atoms with E-state index < -0.39 is 0 Å². The Bertz CT molecular complexity index is 1970. The second-order valence-electron chi connectivity index (χ2n) is 42.0. The minimum Gasteiger partial charge on any atom is -0.393 e. The lowest BCUT2D eigenvalue weighted by Gasteiger charge is -2.39. The average Bonchev–Trinajstić information content (AvgIpc) is 0.744. The Morgan fingerprint density at radius 2 is 0.846 bits per heavy atom.